The van der Waals surface area contributed by atoms with Gasteiger partial charge in [-0.25, -0.2) is 0 Å². The molecule has 2 saturated heterocycles. The SMILES string of the molecule is C.CC(C)(C)OC(=O)[C@H](CCCC(F)(F)F)C(=O)O.CCCC[C@@H](N)C(=O)OC.C[Si](C)(C)C.FC(F)(F)CCCI.N.O=C1CC[C@H](c2ccccc2)[C@H](c2ccccc2)O1.O=C1O[C@@H](c2ccccc2)[C@@H](c2ccccc2)C[C@@H]1CCCC(F)(F)F.OCCCC(F)(F)F. The molecule has 96 heavy (non-hydrogen) atoms. The first-order chi connectivity index (χ1) is 43.5. The molecule has 0 amide bonds. The number of carboxylic acids is 1. The summed E-state index contributed by atoms with van der Waals surface area (Å²) in [5, 5.41) is 16.7. The summed E-state index contributed by atoms with van der Waals surface area (Å²) in [4.78, 5) is 57.0. The average molecular weight is 1520 g/mol. The van der Waals surface area contributed by atoms with Crippen molar-refractivity contribution in [1.29, 1.82) is 0 Å². The Morgan fingerprint density at radius 2 is 0.990 bits per heavy atom. The van der Waals surface area contributed by atoms with Crippen LogP contribution in [0.3, 0.4) is 0 Å². The van der Waals surface area contributed by atoms with Gasteiger partial charge in [-0.3, -0.25) is 24.0 Å². The number of unbranched alkanes of at least 4 members (excludes halogenated alkanes) is 1. The number of ether oxygens (including phenoxy) is 4. The largest absolute Gasteiger partial charge is 0.481 e. The number of carbonyl (C=O) groups is 5. The van der Waals surface area contributed by atoms with Gasteiger partial charge in [0.25, 0.3) is 0 Å². The van der Waals surface area contributed by atoms with Crippen LogP contribution in [0.2, 0.25) is 26.2 Å². The van der Waals surface area contributed by atoms with Crippen molar-refractivity contribution in [3.05, 3.63) is 144 Å². The van der Waals surface area contributed by atoms with Gasteiger partial charge in [0.1, 0.15) is 23.9 Å². The molecule has 2 aliphatic rings. The summed E-state index contributed by atoms with van der Waals surface area (Å²) >= 11 is 1.93. The monoisotopic (exact) mass is 1520 g/mol. The molecular weight excluding hydrogens is 1420 g/mol. The van der Waals surface area contributed by atoms with E-state index in [1.807, 2.05) is 132 Å². The number of nitrogens with two attached hydrogens (primary N) is 1. The molecule has 27 heteroatoms. The lowest BCUT2D eigenvalue weighted by atomic mass is 9.78. The number of hydrogen-bond acceptors (Lipinski definition) is 12. The maximum atomic E-state index is 12.4. The van der Waals surface area contributed by atoms with Gasteiger partial charge >= 0.3 is 54.6 Å². The lowest BCUT2D eigenvalue weighted by molar-refractivity contribution is -0.168. The highest BCUT2D eigenvalue weighted by Gasteiger charge is 2.40. The van der Waals surface area contributed by atoms with Crippen LogP contribution < -0.4 is 11.9 Å². The van der Waals surface area contributed by atoms with Crippen LogP contribution in [-0.2, 0) is 42.9 Å². The number of aliphatic hydroxyl groups excluding tert-OH is 1. The summed E-state index contributed by atoms with van der Waals surface area (Å²) < 4.78 is 161. The molecule has 4 aromatic rings. The second kappa shape index (κ2) is 48.0. The first-order valence-corrected chi connectivity index (χ1v) is 36.4. The molecular formula is C69H101F12IN2O11Si. The zero-order valence-corrected chi connectivity index (χ0v) is 58.7. The van der Waals surface area contributed by atoms with Crippen LogP contribution in [0, 0.1) is 11.8 Å². The van der Waals surface area contributed by atoms with Crippen molar-refractivity contribution in [2.45, 2.75) is 224 Å². The van der Waals surface area contributed by atoms with Crippen LogP contribution >= 0.6 is 22.6 Å². The van der Waals surface area contributed by atoms with E-state index in [0.29, 0.717) is 17.3 Å². The average Bonchev–Trinajstić information content (AvgIpc) is 0.807. The van der Waals surface area contributed by atoms with Crippen molar-refractivity contribution in [2.75, 3.05) is 18.1 Å². The Kier molecular flexibility index (Phi) is 47.2. The molecule has 0 radical (unpaired) electrons. The van der Waals surface area contributed by atoms with Crippen LogP contribution in [0.1, 0.15) is 184 Å². The molecule has 6 rings (SSSR count). The lowest BCUT2D eigenvalue weighted by Crippen LogP contribution is -2.32. The van der Waals surface area contributed by atoms with Gasteiger partial charge in [-0.2, -0.15) is 52.7 Å². The number of carboxylic acid groups (broad SMARTS) is 1. The van der Waals surface area contributed by atoms with E-state index < -0.39 is 112 Å². The van der Waals surface area contributed by atoms with Gasteiger partial charge in [-0.15, -0.1) is 0 Å². The third-order valence-corrected chi connectivity index (χ3v) is 13.8. The van der Waals surface area contributed by atoms with Gasteiger partial charge in [0.2, 0.25) is 0 Å². The molecule has 0 unspecified atom stereocenters. The third-order valence-electron chi connectivity index (χ3n) is 13.0. The van der Waals surface area contributed by atoms with Crippen molar-refractivity contribution in [2.24, 2.45) is 17.6 Å². The van der Waals surface area contributed by atoms with Gasteiger partial charge in [-0.05, 0) is 105 Å². The molecule has 2 fully saturated rings. The first kappa shape index (κ1) is 94.4. The topological polar surface area (TPSA) is 224 Å². The minimum atomic E-state index is -4.35. The maximum Gasteiger partial charge on any atom is 0.389 e. The number of aliphatic carboxylic acids is 1. The van der Waals surface area contributed by atoms with Crippen molar-refractivity contribution in [1.82, 2.24) is 6.15 Å². The van der Waals surface area contributed by atoms with Crippen molar-refractivity contribution >= 4 is 60.5 Å². The van der Waals surface area contributed by atoms with Crippen LogP contribution in [0.4, 0.5) is 52.7 Å². The van der Waals surface area contributed by atoms with E-state index in [-0.39, 0.29) is 82.2 Å². The van der Waals surface area contributed by atoms with E-state index in [0.717, 1.165) is 42.4 Å². The van der Waals surface area contributed by atoms with E-state index in [1.165, 1.54) is 12.7 Å². The fourth-order valence-corrected chi connectivity index (χ4v) is 9.10. The van der Waals surface area contributed by atoms with Gasteiger partial charge in [0.05, 0.1) is 13.0 Å². The van der Waals surface area contributed by atoms with Crippen molar-refractivity contribution in [3.63, 3.8) is 0 Å². The predicted molar refractivity (Wildman–Crippen MR) is 360 cm³/mol. The number of cyclic esters (lactones) is 2. The first-order valence-electron chi connectivity index (χ1n) is 30.9. The number of methoxy groups -OCH3 is 1. The summed E-state index contributed by atoms with van der Waals surface area (Å²) in [5.74, 6) is -5.13. The minimum Gasteiger partial charge on any atom is -0.481 e. The quantitative estimate of drug-likeness (QED) is 0.0123. The van der Waals surface area contributed by atoms with Crippen molar-refractivity contribution < 1.29 is 106 Å². The van der Waals surface area contributed by atoms with Gasteiger partial charge in [0, 0.05) is 58.6 Å². The predicted octanol–water partition coefficient (Wildman–Crippen LogP) is 19.9. The molecule has 548 valence electrons. The second-order valence-corrected chi connectivity index (χ2v) is 31.7. The minimum absolute atomic E-state index is 0. The van der Waals surface area contributed by atoms with Crippen LogP contribution in [-0.4, -0.2) is 103 Å². The number of halogens is 13. The van der Waals surface area contributed by atoms with E-state index in [4.69, 9.17) is 30.2 Å². The number of carbonyl (C=O) groups excluding carboxylic acids is 4. The number of rotatable bonds is 20. The fourth-order valence-electron chi connectivity index (χ4n) is 8.72. The number of aliphatic hydroxyl groups is 1. The summed E-state index contributed by atoms with van der Waals surface area (Å²) in [6, 6.07) is 39.1. The molecule has 2 aliphatic heterocycles. The molecule has 2 heterocycles. The van der Waals surface area contributed by atoms with Crippen molar-refractivity contribution in [3.8, 4) is 0 Å². The molecule has 0 saturated carbocycles. The molecule has 0 spiro atoms. The Morgan fingerprint density at radius 1 is 0.604 bits per heavy atom. The van der Waals surface area contributed by atoms with E-state index in [9.17, 15) is 76.7 Å². The van der Waals surface area contributed by atoms with Crippen LogP contribution in [0.15, 0.2) is 121 Å². The standard InChI is InChI=1S/C21H21F3O2.C17H16O2.C11H17F3O4.C7H15NO2.C4H6F3I.C4H7F3O.C4H12Si.CH4.H3N/c22-21(23,24)13-7-12-17-14-18(15-8-3-1-4-9-15)19(26-20(17)25)16-10-5-2-6-11-16;18-16-12-11-15(13-7-3-1-4-8-13)17(19-16)14-9-5-2-6-10-14;1-10(2,3)18-9(17)7(8(15)16)5-4-6-11(12,13)14;1-3-4-5-6(8)7(9)10-2;2*5-4(6,7)2-1-3-8;1-5(2,3)4;;/h1-6,8-11,17-19H,7,12-14H2;1-10,15,17H,11-12H2;7H,4-6H2,1-3H3,(H,15,16);6H,3-5,8H2,1-2H3;1-3H2;8H,1-3H2;1-4H3;1H4;1H3/t17-,18+,19-;15-,17+;7-;6-;;;;;/m0111...../s1. The molecule has 13 nitrogen and oxygen atoms in total. The van der Waals surface area contributed by atoms with E-state index in [1.54, 1.807) is 20.8 Å². The Labute approximate surface area is 573 Å². The zero-order chi connectivity index (χ0) is 71.9. The Hall–Kier alpha value is -5.78. The Balaban J connectivity index is -0.00000111. The fraction of sp³-hybridized carbons (Fsp3) is 0.580. The number of benzene rings is 4. The highest BCUT2D eigenvalue weighted by molar-refractivity contribution is 14.1. The summed E-state index contributed by atoms with van der Waals surface area (Å²) in [7, 11) is 0.744. The smallest absolute Gasteiger partial charge is 0.389 e. The molecule has 4 aromatic carbocycles. The normalized spacial score (nSPS) is 17.5. The van der Waals surface area contributed by atoms with Crippen LogP contribution in [0.5, 0.6) is 0 Å². The van der Waals surface area contributed by atoms with E-state index in [2.05, 4.69) is 50.0 Å². The summed E-state index contributed by atoms with van der Waals surface area (Å²) in [6.45, 7) is 15.6. The number of hydrogen-bond donors (Lipinski definition) is 4. The zero-order valence-electron chi connectivity index (χ0n) is 55.6. The molecule has 7 atom stereocenters. The number of esters is 4. The van der Waals surface area contributed by atoms with Gasteiger partial charge in [-0.1, -0.05) is 197 Å². The molecule has 0 aromatic heterocycles. The Morgan fingerprint density at radius 3 is 1.34 bits per heavy atom. The third kappa shape index (κ3) is 48.0. The maximum absolute atomic E-state index is 12.4. The Bertz CT molecular complexity index is 2680. The molecule has 0 aliphatic carbocycles. The second-order valence-electron chi connectivity index (χ2n) is 24.7. The summed E-state index contributed by atoms with van der Waals surface area (Å²) in [5.41, 5.74) is 8.83. The van der Waals surface area contributed by atoms with Crippen LogP contribution in [0.25, 0.3) is 0 Å². The molecule has 0 bridgehead atoms. The highest BCUT2D eigenvalue weighted by Crippen LogP contribution is 2.45. The highest BCUT2D eigenvalue weighted by atomic mass is 127. The molecule has 7 N–H and O–H groups in total. The number of alkyl halides is 13. The van der Waals surface area contributed by atoms with Gasteiger partial charge < -0.3 is 41.0 Å². The lowest BCUT2D eigenvalue weighted by Gasteiger charge is -2.36. The van der Waals surface area contributed by atoms with Gasteiger partial charge in [0.15, 0.2) is 5.92 Å². The summed E-state index contributed by atoms with van der Waals surface area (Å²) in [6.07, 6.45) is -16.7. The van der Waals surface area contributed by atoms with E-state index >= 15 is 0 Å².